The van der Waals surface area contributed by atoms with Gasteiger partial charge in [0, 0.05) is 19.6 Å². The first-order valence-electron chi connectivity index (χ1n) is 11.2. The third-order valence-corrected chi connectivity index (χ3v) is 6.14. The lowest BCUT2D eigenvalue weighted by atomic mass is 10.0. The maximum Gasteiger partial charge on any atom is 0.418 e. The monoisotopic (exact) mass is 488 g/mol. The Labute approximate surface area is 201 Å². The van der Waals surface area contributed by atoms with Gasteiger partial charge < -0.3 is 14.8 Å². The molecule has 3 aromatic rings. The molecular weight excluding hydrogens is 461 g/mol. The molecule has 1 atom stereocenters. The molecule has 1 aliphatic heterocycles. The number of methoxy groups -OCH3 is 1. The van der Waals surface area contributed by atoms with E-state index in [1.807, 2.05) is 24.3 Å². The second-order valence-corrected chi connectivity index (χ2v) is 8.22. The lowest BCUT2D eigenvalue weighted by Crippen LogP contribution is -2.43. The van der Waals surface area contributed by atoms with Gasteiger partial charge in [0.1, 0.15) is 5.75 Å². The molecule has 10 heteroatoms. The topological polar surface area (TPSA) is 68.6 Å². The Morgan fingerprint density at radius 1 is 1.14 bits per heavy atom. The Hall–Kier alpha value is -3.37. The fraction of sp³-hybridized carbons (Fsp3) is 0.360. The van der Waals surface area contributed by atoms with E-state index >= 15 is 0 Å². The van der Waals surface area contributed by atoms with Gasteiger partial charge in [-0.1, -0.05) is 24.3 Å². The number of carbonyl (C=O) groups excluding carboxylic acids is 1. The zero-order valence-corrected chi connectivity index (χ0v) is 19.5. The first-order valence-corrected chi connectivity index (χ1v) is 11.2. The van der Waals surface area contributed by atoms with Gasteiger partial charge in [-0.15, -0.1) is 0 Å². The highest BCUT2D eigenvalue weighted by Crippen LogP contribution is 2.34. The van der Waals surface area contributed by atoms with Crippen molar-refractivity contribution in [1.29, 1.82) is 0 Å². The predicted molar refractivity (Wildman–Crippen MR) is 124 cm³/mol. The number of rotatable bonds is 7. The van der Waals surface area contributed by atoms with Gasteiger partial charge in [0.05, 0.1) is 55.1 Å². The first-order chi connectivity index (χ1) is 16.8. The lowest BCUT2D eigenvalue weighted by Gasteiger charge is -2.35. The number of alkyl halides is 3. The normalized spacial score (nSPS) is 15.6. The van der Waals surface area contributed by atoms with Crippen molar-refractivity contribution in [3.8, 4) is 11.4 Å². The average Bonchev–Trinajstić information content (AvgIpc) is 3.25. The summed E-state index contributed by atoms with van der Waals surface area (Å²) >= 11 is 0. The van der Waals surface area contributed by atoms with Crippen LogP contribution in [0, 0.1) is 6.92 Å². The Balaban J connectivity index is 1.54. The summed E-state index contributed by atoms with van der Waals surface area (Å²) in [6, 6.07) is 12.7. The molecule has 1 saturated heterocycles. The van der Waals surface area contributed by atoms with Crippen LogP contribution in [-0.4, -0.2) is 60.5 Å². The van der Waals surface area contributed by atoms with Crippen molar-refractivity contribution >= 4 is 5.91 Å². The van der Waals surface area contributed by atoms with E-state index in [0.717, 1.165) is 35.2 Å². The van der Waals surface area contributed by atoms with Gasteiger partial charge in [0.25, 0.3) is 5.91 Å². The first kappa shape index (κ1) is 24.7. The third-order valence-electron chi connectivity index (χ3n) is 6.14. The number of benzene rings is 2. The standard InChI is InChI=1S/C25H27F3N4O3/c1-17-20(15-30-32(17)22-6-4-3-5-21(22)25(26,27)28)24(33)29-16-23(31-11-13-35-14-12-31)18-7-9-19(34-2)10-8-18/h3-10,15,23H,11-14,16H2,1-2H3,(H,29,33). The van der Waals surface area contributed by atoms with Crippen molar-refractivity contribution in [2.24, 2.45) is 0 Å². The number of morpholine rings is 1. The van der Waals surface area contributed by atoms with Crippen LogP contribution in [0.5, 0.6) is 5.75 Å². The van der Waals surface area contributed by atoms with Gasteiger partial charge in [-0.25, -0.2) is 4.68 Å². The number of halogens is 3. The maximum atomic E-state index is 13.5. The van der Waals surface area contributed by atoms with Crippen LogP contribution < -0.4 is 10.1 Å². The molecule has 1 aromatic heterocycles. The number of nitrogens with zero attached hydrogens (tertiary/aromatic N) is 3. The fourth-order valence-corrected chi connectivity index (χ4v) is 4.23. The van der Waals surface area contributed by atoms with E-state index < -0.39 is 17.6 Å². The number of aromatic nitrogens is 2. The van der Waals surface area contributed by atoms with E-state index in [1.54, 1.807) is 14.0 Å². The van der Waals surface area contributed by atoms with Crippen LogP contribution in [0.3, 0.4) is 0 Å². The summed E-state index contributed by atoms with van der Waals surface area (Å²) in [7, 11) is 1.60. The van der Waals surface area contributed by atoms with Gasteiger partial charge in [-0.05, 0) is 36.8 Å². The summed E-state index contributed by atoms with van der Waals surface area (Å²) in [6.45, 7) is 4.54. The van der Waals surface area contributed by atoms with Crippen LogP contribution in [-0.2, 0) is 10.9 Å². The van der Waals surface area contributed by atoms with Gasteiger partial charge in [-0.3, -0.25) is 9.69 Å². The Morgan fingerprint density at radius 2 is 1.83 bits per heavy atom. The minimum atomic E-state index is -4.54. The van der Waals surface area contributed by atoms with E-state index in [1.165, 1.54) is 24.4 Å². The van der Waals surface area contributed by atoms with Crippen molar-refractivity contribution < 1.29 is 27.4 Å². The molecule has 35 heavy (non-hydrogen) atoms. The summed E-state index contributed by atoms with van der Waals surface area (Å²) in [5, 5.41) is 7.04. The maximum absolute atomic E-state index is 13.5. The molecule has 1 N–H and O–H groups in total. The second-order valence-electron chi connectivity index (χ2n) is 8.22. The largest absolute Gasteiger partial charge is 0.497 e. The van der Waals surface area contributed by atoms with Crippen molar-refractivity contribution in [3.63, 3.8) is 0 Å². The predicted octanol–water partition coefficient (Wildman–Crippen LogP) is 4.01. The molecule has 1 fully saturated rings. The van der Waals surface area contributed by atoms with Gasteiger partial charge >= 0.3 is 6.18 Å². The molecule has 1 amide bonds. The summed E-state index contributed by atoms with van der Waals surface area (Å²) in [5.41, 5.74) is 0.620. The molecule has 4 rings (SSSR count). The number of para-hydroxylation sites is 1. The van der Waals surface area contributed by atoms with E-state index in [9.17, 15) is 18.0 Å². The minimum absolute atomic E-state index is 0.102. The van der Waals surface area contributed by atoms with Crippen LogP contribution >= 0.6 is 0 Å². The zero-order chi connectivity index (χ0) is 25.0. The van der Waals surface area contributed by atoms with Crippen LogP contribution in [0.4, 0.5) is 13.2 Å². The van der Waals surface area contributed by atoms with Crippen molar-refractivity contribution in [2.45, 2.75) is 19.1 Å². The average molecular weight is 489 g/mol. The smallest absolute Gasteiger partial charge is 0.418 e. The summed E-state index contributed by atoms with van der Waals surface area (Å²) in [4.78, 5) is 15.3. The number of nitrogens with one attached hydrogen (secondary N) is 1. The Morgan fingerprint density at radius 3 is 2.49 bits per heavy atom. The van der Waals surface area contributed by atoms with Crippen LogP contribution in [0.25, 0.3) is 5.69 Å². The SMILES string of the molecule is COc1ccc(C(CNC(=O)c2cnn(-c3ccccc3C(F)(F)F)c2C)N2CCOCC2)cc1. The Kier molecular flexibility index (Phi) is 7.42. The molecule has 0 aliphatic carbocycles. The van der Waals surface area contributed by atoms with Crippen molar-refractivity contribution in [1.82, 2.24) is 20.0 Å². The van der Waals surface area contributed by atoms with E-state index in [2.05, 4.69) is 15.3 Å². The highest BCUT2D eigenvalue weighted by Gasteiger charge is 2.34. The highest BCUT2D eigenvalue weighted by atomic mass is 19.4. The minimum Gasteiger partial charge on any atom is -0.497 e. The molecule has 0 saturated carbocycles. The quantitative estimate of drug-likeness (QED) is 0.544. The molecule has 0 spiro atoms. The number of hydrogen-bond donors (Lipinski definition) is 1. The van der Waals surface area contributed by atoms with Gasteiger partial charge in [0.15, 0.2) is 0 Å². The van der Waals surface area contributed by atoms with Crippen LogP contribution in [0.2, 0.25) is 0 Å². The van der Waals surface area contributed by atoms with Crippen LogP contribution in [0.1, 0.15) is 33.2 Å². The van der Waals surface area contributed by atoms with Crippen molar-refractivity contribution in [3.05, 3.63) is 77.1 Å². The highest BCUT2D eigenvalue weighted by molar-refractivity contribution is 5.95. The summed E-state index contributed by atoms with van der Waals surface area (Å²) in [5.74, 6) is 0.339. The van der Waals surface area contributed by atoms with E-state index in [0.29, 0.717) is 25.5 Å². The zero-order valence-electron chi connectivity index (χ0n) is 19.5. The molecule has 7 nitrogen and oxygen atoms in total. The molecule has 2 aromatic carbocycles. The summed E-state index contributed by atoms with van der Waals surface area (Å²) < 4.78 is 52.3. The summed E-state index contributed by atoms with van der Waals surface area (Å²) in [6.07, 6.45) is -3.24. The fourth-order valence-electron chi connectivity index (χ4n) is 4.23. The van der Waals surface area contributed by atoms with Crippen LogP contribution in [0.15, 0.2) is 54.7 Å². The van der Waals surface area contributed by atoms with Crippen molar-refractivity contribution in [2.75, 3.05) is 40.0 Å². The second kappa shape index (κ2) is 10.5. The third kappa shape index (κ3) is 5.49. The Bertz CT molecular complexity index is 1160. The molecule has 1 unspecified atom stereocenters. The van der Waals surface area contributed by atoms with Gasteiger partial charge in [-0.2, -0.15) is 18.3 Å². The molecule has 0 bridgehead atoms. The molecular formula is C25H27F3N4O3. The molecule has 0 radical (unpaired) electrons. The number of hydrogen-bond acceptors (Lipinski definition) is 5. The molecule has 2 heterocycles. The molecule has 186 valence electrons. The van der Waals surface area contributed by atoms with Gasteiger partial charge in [0.2, 0.25) is 0 Å². The van der Waals surface area contributed by atoms with E-state index in [4.69, 9.17) is 9.47 Å². The lowest BCUT2D eigenvalue weighted by molar-refractivity contribution is -0.137. The number of ether oxygens (including phenoxy) is 2. The van der Waals surface area contributed by atoms with E-state index in [-0.39, 0.29) is 17.3 Å². The molecule has 1 aliphatic rings. The number of carbonyl (C=O) groups is 1. The number of amides is 1.